The number of rotatable bonds is 2. The number of fused-ring (bicyclic) bond motifs is 1. The average molecular weight is 214 g/mol. The van der Waals surface area contributed by atoms with E-state index in [1.807, 2.05) is 0 Å². The van der Waals surface area contributed by atoms with Crippen molar-refractivity contribution in [1.29, 1.82) is 0 Å². The number of carbonyl (C=O) groups excluding carboxylic acids is 1. The molecule has 5 heteroatoms. The van der Waals surface area contributed by atoms with Crippen LogP contribution in [0.4, 0.5) is 0 Å². The van der Waals surface area contributed by atoms with Crippen LogP contribution in [0.2, 0.25) is 0 Å². The molecular weight excluding hydrogens is 200 g/mol. The number of hydrogen-bond donors (Lipinski definition) is 1. The molecule has 3 unspecified atom stereocenters. The highest BCUT2D eigenvalue weighted by Crippen LogP contribution is 2.28. The molecule has 0 radical (unpaired) electrons. The van der Waals surface area contributed by atoms with Gasteiger partial charge < -0.3 is 19.3 Å². The Bertz CT molecular complexity index is 288. The maximum atomic E-state index is 11.3. The van der Waals surface area contributed by atoms with Gasteiger partial charge in [0.25, 0.3) is 0 Å². The minimum absolute atomic E-state index is 0.233. The van der Waals surface area contributed by atoms with Crippen molar-refractivity contribution in [3.05, 3.63) is 12.2 Å². The van der Waals surface area contributed by atoms with Crippen LogP contribution in [0.25, 0.3) is 0 Å². The summed E-state index contributed by atoms with van der Waals surface area (Å²) < 4.78 is 15.7. The molecule has 15 heavy (non-hydrogen) atoms. The normalized spacial score (nSPS) is 38.8. The number of aliphatic hydroxyl groups is 1. The minimum Gasteiger partial charge on any atom is -0.454 e. The monoisotopic (exact) mass is 214 g/mol. The van der Waals surface area contributed by atoms with Crippen molar-refractivity contribution in [2.75, 3.05) is 13.2 Å². The molecule has 0 bridgehead atoms. The fourth-order valence-electron chi connectivity index (χ4n) is 1.78. The molecule has 2 heterocycles. The van der Waals surface area contributed by atoms with Crippen LogP contribution in [0.3, 0.4) is 0 Å². The second-order valence-corrected chi connectivity index (χ2v) is 3.89. The van der Waals surface area contributed by atoms with Crippen LogP contribution in [-0.2, 0) is 19.0 Å². The molecule has 0 aromatic carbocycles. The molecule has 2 aliphatic heterocycles. The first-order valence-electron chi connectivity index (χ1n) is 4.87. The lowest BCUT2D eigenvalue weighted by Crippen LogP contribution is -2.34. The van der Waals surface area contributed by atoms with E-state index in [2.05, 4.69) is 6.58 Å². The maximum Gasteiger partial charge on any atom is 0.333 e. The smallest absolute Gasteiger partial charge is 0.333 e. The minimum atomic E-state index is -0.622. The summed E-state index contributed by atoms with van der Waals surface area (Å²) in [5, 5.41) is 9.45. The highest BCUT2D eigenvalue weighted by molar-refractivity contribution is 5.87. The summed E-state index contributed by atoms with van der Waals surface area (Å²) in [5.41, 5.74) is 0.344. The van der Waals surface area contributed by atoms with Crippen LogP contribution in [0, 0.1) is 0 Å². The molecule has 0 amide bonds. The second kappa shape index (κ2) is 3.92. The molecule has 2 rings (SSSR count). The third kappa shape index (κ3) is 1.90. The van der Waals surface area contributed by atoms with Gasteiger partial charge in [-0.15, -0.1) is 0 Å². The lowest BCUT2D eigenvalue weighted by atomic mass is 10.1. The molecule has 4 atom stereocenters. The van der Waals surface area contributed by atoms with E-state index < -0.39 is 18.2 Å². The Kier molecular flexibility index (Phi) is 2.77. The standard InChI is InChI=1S/C10H14O5/c1-5(2)10(12)15-7-4-14-8-6(11)3-13-9(7)8/h6-9,11H,1,3-4H2,2H3/t6?,7-,8?,9?/m1/s1. The van der Waals surface area contributed by atoms with Crippen molar-refractivity contribution in [3.63, 3.8) is 0 Å². The fourth-order valence-corrected chi connectivity index (χ4v) is 1.78. The van der Waals surface area contributed by atoms with Crippen LogP contribution < -0.4 is 0 Å². The molecule has 0 aliphatic carbocycles. The molecule has 1 N–H and O–H groups in total. The summed E-state index contributed by atoms with van der Waals surface area (Å²) in [6.07, 6.45) is -1.77. The highest BCUT2D eigenvalue weighted by atomic mass is 16.6. The zero-order chi connectivity index (χ0) is 11.0. The summed E-state index contributed by atoms with van der Waals surface area (Å²) in [4.78, 5) is 11.3. The van der Waals surface area contributed by atoms with Crippen LogP contribution in [0.15, 0.2) is 12.2 Å². The van der Waals surface area contributed by atoms with Gasteiger partial charge in [0.15, 0.2) is 6.10 Å². The molecule has 0 spiro atoms. The van der Waals surface area contributed by atoms with Gasteiger partial charge in [-0.2, -0.15) is 0 Å². The molecule has 2 saturated heterocycles. The largest absolute Gasteiger partial charge is 0.454 e. The third-order valence-electron chi connectivity index (χ3n) is 2.59. The Morgan fingerprint density at radius 2 is 2.07 bits per heavy atom. The van der Waals surface area contributed by atoms with Crippen molar-refractivity contribution in [3.8, 4) is 0 Å². The Hall–Kier alpha value is -0.910. The van der Waals surface area contributed by atoms with E-state index in [9.17, 15) is 9.90 Å². The molecule has 84 valence electrons. The van der Waals surface area contributed by atoms with Gasteiger partial charge in [0.1, 0.15) is 18.3 Å². The number of carbonyl (C=O) groups is 1. The molecule has 0 saturated carbocycles. The van der Waals surface area contributed by atoms with Crippen LogP contribution in [0.5, 0.6) is 0 Å². The van der Waals surface area contributed by atoms with Gasteiger partial charge in [0, 0.05) is 5.57 Å². The topological polar surface area (TPSA) is 65.0 Å². The molecule has 2 aliphatic rings. The van der Waals surface area contributed by atoms with E-state index in [1.54, 1.807) is 6.92 Å². The zero-order valence-corrected chi connectivity index (χ0v) is 8.51. The fraction of sp³-hybridized carbons (Fsp3) is 0.700. The van der Waals surface area contributed by atoms with Gasteiger partial charge in [-0.1, -0.05) is 6.58 Å². The highest BCUT2D eigenvalue weighted by Gasteiger charge is 2.48. The van der Waals surface area contributed by atoms with Gasteiger partial charge >= 0.3 is 5.97 Å². The number of ether oxygens (including phenoxy) is 3. The van der Waals surface area contributed by atoms with Gasteiger partial charge in [-0.05, 0) is 6.92 Å². The first-order valence-corrected chi connectivity index (χ1v) is 4.87. The predicted octanol–water partition coefficient (Wildman–Crippen LogP) is -0.367. The number of esters is 1. The molecule has 0 aromatic heterocycles. The lowest BCUT2D eigenvalue weighted by Gasteiger charge is -2.16. The zero-order valence-electron chi connectivity index (χ0n) is 8.51. The summed E-state index contributed by atoms with van der Waals surface area (Å²) in [5.74, 6) is -0.450. The Balaban J connectivity index is 1.95. The van der Waals surface area contributed by atoms with Crippen molar-refractivity contribution in [2.45, 2.75) is 31.3 Å². The quantitative estimate of drug-likeness (QED) is 0.502. The van der Waals surface area contributed by atoms with Crippen molar-refractivity contribution in [2.24, 2.45) is 0 Å². The van der Waals surface area contributed by atoms with E-state index in [4.69, 9.17) is 14.2 Å². The van der Waals surface area contributed by atoms with Gasteiger partial charge in [0.05, 0.1) is 13.2 Å². The average Bonchev–Trinajstić information content (AvgIpc) is 2.71. The van der Waals surface area contributed by atoms with Crippen molar-refractivity contribution >= 4 is 5.97 Å². The predicted molar refractivity (Wildman–Crippen MR) is 50.2 cm³/mol. The maximum absolute atomic E-state index is 11.3. The summed E-state index contributed by atoms with van der Waals surface area (Å²) in [6.45, 7) is 5.58. The second-order valence-electron chi connectivity index (χ2n) is 3.89. The van der Waals surface area contributed by atoms with Gasteiger partial charge in [-0.3, -0.25) is 0 Å². The summed E-state index contributed by atoms with van der Waals surface area (Å²) in [6, 6.07) is 0. The first kappa shape index (κ1) is 10.6. The summed E-state index contributed by atoms with van der Waals surface area (Å²) >= 11 is 0. The van der Waals surface area contributed by atoms with Crippen LogP contribution >= 0.6 is 0 Å². The van der Waals surface area contributed by atoms with Gasteiger partial charge in [-0.25, -0.2) is 4.79 Å². The molecule has 5 nitrogen and oxygen atoms in total. The lowest BCUT2D eigenvalue weighted by molar-refractivity contribution is -0.148. The molecule has 2 fully saturated rings. The third-order valence-corrected chi connectivity index (χ3v) is 2.59. The van der Waals surface area contributed by atoms with Crippen molar-refractivity contribution in [1.82, 2.24) is 0 Å². The van der Waals surface area contributed by atoms with E-state index >= 15 is 0 Å². The Morgan fingerprint density at radius 1 is 1.40 bits per heavy atom. The van der Waals surface area contributed by atoms with Crippen LogP contribution in [-0.4, -0.2) is 48.7 Å². The van der Waals surface area contributed by atoms with E-state index in [1.165, 1.54) is 0 Å². The van der Waals surface area contributed by atoms with Crippen molar-refractivity contribution < 1.29 is 24.1 Å². The van der Waals surface area contributed by atoms with Crippen LogP contribution in [0.1, 0.15) is 6.92 Å². The number of aliphatic hydroxyl groups excluding tert-OH is 1. The van der Waals surface area contributed by atoms with Gasteiger partial charge in [0.2, 0.25) is 0 Å². The first-order chi connectivity index (χ1) is 7.09. The molecule has 0 aromatic rings. The SMILES string of the molecule is C=C(C)C(=O)O[C@@H]1COC2C(O)COC21. The van der Waals surface area contributed by atoms with E-state index in [0.29, 0.717) is 5.57 Å². The molecular formula is C10H14O5. The van der Waals surface area contributed by atoms with E-state index in [0.717, 1.165) is 0 Å². The number of hydrogen-bond acceptors (Lipinski definition) is 5. The Morgan fingerprint density at radius 3 is 2.73 bits per heavy atom. The summed E-state index contributed by atoms with van der Waals surface area (Å²) in [7, 11) is 0. The Labute approximate surface area is 87.6 Å². The van der Waals surface area contributed by atoms with E-state index in [-0.39, 0.29) is 25.4 Å².